The first-order valence-electron chi connectivity index (χ1n) is 9.65. The minimum atomic E-state index is -0.453. The Morgan fingerprint density at radius 3 is 2.45 bits per heavy atom. The van der Waals surface area contributed by atoms with Crippen LogP contribution in [-0.2, 0) is 11.2 Å². The third kappa shape index (κ3) is 8.62. The highest BCUT2D eigenvalue weighted by Crippen LogP contribution is 2.17. The lowest BCUT2D eigenvalue weighted by atomic mass is 10.00. The third-order valence-electron chi connectivity index (χ3n) is 4.69. The summed E-state index contributed by atoms with van der Waals surface area (Å²) in [5.74, 6) is -0.219. The number of ether oxygens (including phenoxy) is 1. The van der Waals surface area contributed by atoms with E-state index < -0.39 is 11.6 Å². The maximum absolute atomic E-state index is 13.4. The lowest BCUT2D eigenvalue weighted by Gasteiger charge is -2.29. The fraction of sp³-hybridized carbons (Fsp3) is 0.409. The SMILES string of the molecule is CC1CCN(C(=O)OCCCc2cc(F)ccc2F)CC1.Sc1ccc(Cl)cc1. The van der Waals surface area contributed by atoms with E-state index in [0.29, 0.717) is 24.3 Å². The molecule has 0 N–H and O–H groups in total. The van der Waals surface area contributed by atoms with Crippen LogP contribution >= 0.6 is 24.2 Å². The summed E-state index contributed by atoms with van der Waals surface area (Å²) in [6.45, 7) is 3.87. The summed E-state index contributed by atoms with van der Waals surface area (Å²) >= 11 is 9.65. The predicted octanol–water partition coefficient (Wildman–Crippen LogP) is 6.39. The Labute approximate surface area is 181 Å². The second-order valence-corrected chi connectivity index (χ2v) is 8.05. The molecular weight excluding hydrogens is 416 g/mol. The van der Waals surface area contributed by atoms with Gasteiger partial charge in [-0.25, -0.2) is 13.6 Å². The third-order valence-corrected chi connectivity index (χ3v) is 5.24. The van der Waals surface area contributed by atoms with Crippen molar-refractivity contribution in [3.8, 4) is 0 Å². The van der Waals surface area contributed by atoms with Crippen LogP contribution in [-0.4, -0.2) is 30.7 Å². The van der Waals surface area contributed by atoms with Gasteiger partial charge >= 0.3 is 6.09 Å². The van der Waals surface area contributed by atoms with Crippen LogP contribution in [0.1, 0.15) is 31.7 Å². The number of piperidine rings is 1. The number of halogens is 3. The molecule has 1 heterocycles. The number of nitrogens with zero attached hydrogens (tertiary/aromatic N) is 1. The van der Waals surface area contributed by atoms with Gasteiger partial charge in [0.05, 0.1) is 6.61 Å². The van der Waals surface area contributed by atoms with Crippen LogP contribution < -0.4 is 0 Å². The molecule has 1 aliphatic rings. The van der Waals surface area contributed by atoms with Gasteiger partial charge in [0.15, 0.2) is 0 Å². The zero-order valence-electron chi connectivity index (χ0n) is 16.4. The van der Waals surface area contributed by atoms with Gasteiger partial charge in [0.2, 0.25) is 0 Å². The van der Waals surface area contributed by atoms with Crippen LogP contribution in [0.25, 0.3) is 0 Å². The topological polar surface area (TPSA) is 29.5 Å². The van der Waals surface area contributed by atoms with Gasteiger partial charge in [-0.05, 0) is 79.6 Å². The van der Waals surface area contributed by atoms with Crippen LogP contribution in [0.4, 0.5) is 13.6 Å². The zero-order chi connectivity index (χ0) is 21.2. The van der Waals surface area contributed by atoms with Crippen LogP contribution in [0.15, 0.2) is 47.4 Å². The molecule has 0 saturated carbocycles. The Balaban J connectivity index is 0.000000313. The Hall–Kier alpha value is -1.79. The molecule has 0 spiro atoms. The van der Waals surface area contributed by atoms with Crippen molar-refractivity contribution in [2.24, 2.45) is 5.92 Å². The Morgan fingerprint density at radius 1 is 1.17 bits per heavy atom. The number of carbonyl (C=O) groups is 1. The monoisotopic (exact) mass is 441 g/mol. The average Bonchev–Trinajstić information content (AvgIpc) is 2.71. The van der Waals surface area contributed by atoms with E-state index in [1.165, 1.54) is 6.07 Å². The van der Waals surface area contributed by atoms with Crippen LogP contribution in [0.3, 0.4) is 0 Å². The molecular formula is C22H26ClF2NO2S. The molecule has 29 heavy (non-hydrogen) atoms. The van der Waals surface area contributed by atoms with Gasteiger partial charge in [0.25, 0.3) is 0 Å². The molecule has 7 heteroatoms. The molecule has 0 aromatic heterocycles. The van der Waals surface area contributed by atoms with E-state index in [9.17, 15) is 13.6 Å². The molecule has 0 atom stereocenters. The van der Waals surface area contributed by atoms with Crippen molar-refractivity contribution in [3.63, 3.8) is 0 Å². The highest BCUT2D eigenvalue weighted by molar-refractivity contribution is 7.80. The first-order chi connectivity index (χ1) is 13.8. The largest absolute Gasteiger partial charge is 0.449 e. The summed E-state index contributed by atoms with van der Waals surface area (Å²) in [5.41, 5.74) is 0.317. The minimum absolute atomic E-state index is 0.223. The molecule has 3 rings (SSSR count). The predicted molar refractivity (Wildman–Crippen MR) is 115 cm³/mol. The fourth-order valence-electron chi connectivity index (χ4n) is 2.88. The summed E-state index contributed by atoms with van der Waals surface area (Å²) in [7, 11) is 0. The first-order valence-corrected chi connectivity index (χ1v) is 10.5. The highest BCUT2D eigenvalue weighted by Gasteiger charge is 2.21. The van der Waals surface area contributed by atoms with Crippen molar-refractivity contribution in [2.45, 2.75) is 37.5 Å². The van der Waals surface area contributed by atoms with Crippen molar-refractivity contribution >= 4 is 30.3 Å². The molecule has 0 aliphatic carbocycles. The van der Waals surface area contributed by atoms with E-state index in [1.54, 1.807) is 4.90 Å². The van der Waals surface area contributed by atoms with Crippen LogP contribution in [0.2, 0.25) is 5.02 Å². The van der Waals surface area contributed by atoms with E-state index in [4.69, 9.17) is 16.3 Å². The molecule has 2 aromatic carbocycles. The summed E-state index contributed by atoms with van der Waals surface area (Å²) in [5, 5.41) is 0.753. The second kappa shape index (κ2) is 12.0. The second-order valence-electron chi connectivity index (χ2n) is 7.10. The van der Waals surface area contributed by atoms with E-state index >= 15 is 0 Å². The summed E-state index contributed by atoms with van der Waals surface area (Å²) < 4.78 is 31.6. The number of hydrogen-bond acceptors (Lipinski definition) is 3. The molecule has 1 saturated heterocycles. The highest BCUT2D eigenvalue weighted by atomic mass is 35.5. The number of hydrogen-bond donors (Lipinski definition) is 1. The molecule has 2 aromatic rings. The van der Waals surface area contributed by atoms with Crippen molar-refractivity contribution in [1.29, 1.82) is 0 Å². The summed E-state index contributed by atoms with van der Waals surface area (Å²) in [6.07, 6.45) is 2.54. The van der Waals surface area contributed by atoms with Gasteiger partial charge in [-0.1, -0.05) is 18.5 Å². The van der Waals surface area contributed by atoms with Crippen molar-refractivity contribution < 1.29 is 18.3 Å². The van der Waals surface area contributed by atoms with Gasteiger partial charge in [0, 0.05) is 23.0 Å². The molecule has 3 nitrogen and oxygen atoms in total. The number of carbonyl (C=O) groups excluding carboxylic acids is 1. The number of likely N-dealkylation sites (tertiary alicyclic amines) is 1. The van der Waals surface area contributed by atoms with Gasteiger partial charge in [-0.15, -0.1) is 12.6 Å². The van der Waals surface area contributed by atoms with Crippen LogP contribution in [0, 0.1) is 17.6 Å². The van der Waals surface area contributed by atoms with E-state index in [0.717, 1.165) is 48.0 Å². The number of amides is 1. The molecule has 158 valence electrons. The number of rotatable bonds is 4. The zero-order valence-corrected chi connectivity index (χ0v) is 18.1. The molecule has 0 radical (unpaired) electrons. The lowest BCUT2D eigenvalue weighted by molar-refractivity contribution is 0.0883. The average molecular weight is 442 g/mol. The van der Waals surface area contributed by atoms with Crippen molar-refractivity contribution in [2.75, 3.05) is 19.7 Å². The molecule has 1 aliphatic heterocycles. The smallest absolute Gasteiger partial charge is 0.409 e. The Kier molecular flexibility index (Phi) is 9.74. The fourth-order valence-corrected chi connectivity index (χ4v) is 3.16. The molecule has 1 amide bonds. The Bertz CT molecular complexity index is 760. The summed E-state index contributed by atoms with van der Waals surface area (Å²) in [4.78, 5) is 14.5. The molecule has 0 bridgehead atoms. The number of benzene rings is 2. The normalized spacial score (nSPS) is 14.2. The molecule has 0 unspecified atom stereocenters. The van der Waals surface area contributed by atoms with E-state index in [1.807, 2.05) is 24.3 Å². The minimum Gasteiger partial charge on any atom is -0.449 e. The van der Waals surface area contributed by atoms with Gasteiger partial charge in [-0.2, -0.15) is 0 Å². The first kappa shape index (κ1) is 23.5. The quantitative estimate of drug-likeness (QED) is 0.439. The van der Waals surface area contributed by atoms with Gasteiger partial charge < -0.3 is 9.64 Å². The maximum atomic E-state index is 13.4. The van der Waals surface area contributed by atoms with Crippen molar-refractivity contribution in [1.82, 2.24) is 4.90 Å². The lowest BCUT2D eigenvalue weighted by Crippen LogP contribution is -2.38. The van der Waals surface area contributed by atoms with E-state index in [-0.39, 0.29) is 12.7 Å². The van der Waals surface area contributed by atoms with Crippen LogP contribution in [0.5, 0.6) is 0 Å². The maximum Gasteiger partial charge on any atom is 0.409 e. The Morgan fingerprint density at radius 2 is 1.83 bits per heavy atom. The van der Waals surface area contributed by atoms with Crippen molar-refractivity contribution in [3.05, 3.63) is 64.7 Å². The summed E-state index contributed by atoms with van der Waals surface area (Å²) in [6, 6.07) is 10.7. The standard InChI is InChI=1S/C16H21F2NO2.C6H5ClS/c1-12-6-8-19(9-7-12)16(20)21-10-2-3-13-11-14(17)4-5-15(13)18;7-5-1-3-6(8)4-2-5/h4-5,11-12H,2-3,6-10H2,1H3;1-4,8H. The number of thiol groups is 1. The number of aryl methyl sites for hydroxylation is 1. The van der Waals surface area contributed by atoms with E-state index in [2.05, 4.69) is 19.6 Å². The molecule has 1 fully saturated rings. The van der Waals surface area contributed by atoms with Gasteiger partial charge in [-0.3, -0.25) is 0 Å². The van der Waals surface area contributed by atoms with Gasteiger partial charge in [0.1, 0.15) is 11.6 Å².